The maximum absolute atomic E-state index is 11.5. The highest BCUT2D eigenvalue weighted by molar-refractivity contribution is 8.13. The van der Waals surface area contributed by atoms with Gasteiger partial charge in [-0.1, -0.05) is 53.7 Å². The molecule has 0 aliphatic heterocycles. The number of hydrogen-bond acceptors (Lipinski definition) is 2. The van der Waals surface area contributed by atoms with Gasteiger partial charge in [-0.25, -0.2) is 8.42 Å². The fourth-order valence-corrected chi connectivity index (χ4v) is 3.45. The van der Waals surface area contributed by atoms with Crippen molar-refractivity contribution >= 4 is 19.7 Å². The zero-order valence-electron chi connectivity index (χ0n) is 13.2. The largest absolute Gasteiger partial charge is 0.236 e. The van der Waals surface area contributed by atoms with E-state index in [0.29, 0.717) is 5.92 Å². The van der Waals surface area contributed by atoms with E-state index >= 15 is 0 Å². The molecular formula is C16H25ClO2S. The first-order valence-corrected chi connectivity index (χ1v) is 9.59. The minimum atomic E-state index is -3.55. The molecule has 0 amide bonds. The molecule has 0 spiro atoms. The molecule has 0 saturated heterocycles. The molecule has 0 aliphatic rings. The van der Waals surface area contributed by atoms with Crippen LogP contribution >= 0.6 is 10.7 Å². The van der Waals surface area contributed by atoms with Gasteiger partial charge in [0.05, 0.1) is 5.75 Å². The first-order chi connectivity index (χ1) is 9.03. The second-order valence-corrected chi connectivity index (χ2v) is 9.10. The normalized spacial score (nSPS) is 12.7. The van der Waals surface area contributed by atoms with Crippen LogP contribution in [0, 0.1) is 0 Å². The molecule has 0 N–H and O–H groups in total. The van der Waals surface area contributed by atoms with Crippen molar-refractivity contribution in [3.63, 3.8) is 0 Å². The summed E-state index contributed by atoms with van der Waals surface area (Å²) in [7, 11) is 1.95. The van der Waals surface area contributed by atoms with Crippen LogP contribution in [0.25, 0.3) is 0 Å². The lowest BCUT2D eigenvalue weighted by atomic mass is 9.85. The SMILES string of the molecule is CC(C)c1cc(C(C)C)c(CS(=O)(=O)Cl)c(C(C)C)c1. The Morgan fingerprint density at radius 1 is 0.900 bits per heavy atom. The summed E-state index contributed by atoms with van der Waals surface area (Å²) in [5, 5.41) is 0. The lowest BCUT2D eigenvalue weighted by Gasteiger charge is -2.22. The highest BCUT2D eigenvalue weighted by atomic mass is 35.7. The molecule has 1 aromatic carbocycles. The van der Waals surface area contributed by atoms with Crippen LogP contribution in [0.4, 0.5) is 0 Å². The molecular weight excluding hydrogens is 292 g/mol. The molecule has 4 heteroatoms. The van der Waals surface area contributed by atoms with Crippen LogP contribution in [-0.2, 0) is 14.8 Å². The zero-order valence-corrected chi connectivity index (χ0v) is 14.8. The van der Waals surface area contributed by atoms with Crippen LogP contribution in [-0.4, -0.2) is 8.42 Å². The van der Waals surface area contributed by atoms with E-state index in [9.17, 15) is 8.42 Å². The summed E-state index contributed by atoms with van der Waals surface area (Å²) in [4.78, 5) is 0. The van der Waals surface area contributed by atoms with Crippen LogP contribution in [0.3, 0.4) is 0 Å². The second kappa shape index (κ2) is 6.48. The Balaban J connectivity index is 3.59. The van der Waals surface area contributed by atoms with Crippen molar-refractivity contribution in [1.82, 2.24) is 0 Å². The van der Waals surface area contributed by atoms with Gasteiger partial charge >= 0.3 is 0 Å². The molecule has 0 bridgehead atoms. The summed E-state index contributed by atoms with van der Waals surface area (Å²) in [6, 6.07) is 4.28. The minimum Gasteiger partial charge on any atom is -0.212 e. The molecule has 0 fully saturated rings. The van der Waals surface area contributed by atoms with Gasteiger partial charge in [0.25, 0.3) is 0 Å². The smallest absolute Gasteiger partial charge is 0.212 e. The predicted molar refractivity (Wildman–Crippen MR) is 87.2 cm³/mol. The summed E-state index contributed by atoms with van der Waals surface area (Å²) in [6.45, 7) is 12.7. The highest BCUT2D eigenvalue weighted by Crippen LogP contribution is 2.33. The van der Waals surface area contributed by atoms with Crippen molar-refractivity contribution in [1.29, 1.82) is 0 Å². The van der Waals surface area contributed by atoms with Crippen molar-refractivity contribution in [2.75, 3.05) is 0 Å². The van der Waals surface area contributed by atoms with Crippen LogP contribution < -0.4 is 0 Å². The van der Waals surface area contributed by atoms with E-state index in [1.54, 1.807) is 0 Å². The fourth-order valence-electron chi connectivity index (χ4n) is 2.44. The quantitative estimate of drug-likeness (QED) is 0.706. The molecule has 114 valence electrons. The standard InChI is InChI=1S/C16H25ClO2S/c1-10(2)13-7-14(11(3)4)16(9-20(17,18)19)15(8-13)12(5)6/h7-8,10-12H,9H2,1-6H3. The maximum Gasteiger partial charge on any atom is 0.236 e. The fraction of sp³-hybridized carbons (Fsp3) is 0.625. The maximum atomic E-state index is 11.5. The average Bonchev–Trinajstić information content (AvgIpc) is 2.25. The number of hydrogen-bond donors (Lipinski definition) is 0. The van der Waals surface area contributed by atoms with E-state index in [0.717, 1.165) is 16.7 Å². The molecule has 0 heterocycles. The zero-order chi connectivity index (χ0) is 15.7. The van der Waals surface area contributed by atoms with Crippen LogP contribution in [0.15, 0.2) is 12.1 Å². The predicted octanol–water partition coefficient (Wildman–Crippen LogP) is 5.13. The van der Waals surface area contributed by atoms with Crippen LogP contribution in [0.1, 0.15) is 81.5 Å². The van der Waals surface area contributed by atoms with Crippen LogP contribution in [0.2, 0.25) is 0 Å². The van der Waals surface area contributed by atoms with E-state index in [1.807, 2.05) is 0 Å². The van der Waals surface area contributed by atoms with Crippen molar-refractivity contribution in [3.05, 3.63) is 34.4 Å². The van der Waals surface area contributed by atoms with Gasteiger partial charge < -0.3 is 0 Å². The summed E-state index contributed by atoms with van der Waals surface area (Å²) in [6.07, 6.45) is 0. The molecule has 0 saturated carbocycles. The Labute approximate surface area is 128 Å². The summed E-state index contributed by atoms with van der Waals surface area (Å²) < 4.78 is 23.1. The van der Waals surface area contributed by atoms with E-state index in [2.05, 4.69) is 53.7 Å². The molecule has 0 aliphatic carbocycles. The number of halogens is 1. The third-order valence-corrected chi connectivity index (χ3v) is 4.53. The Morgan fingerprint density at radius 3 is 1.55 bits per heavy atom. The Hall–Kier alpha value is -0.540. The Kier molecular flexibility index (Phi) is 5.68. The molecule has 1 aromatic rings. The lowest BCUT2D eigenvalue weighted by Crippen LogP contribution is -2.09. The lowest BCUT2D eigenvalue weighted by molar-refractivity contribution is 0.608. The molecule has 20 heavy (non-hydrogen) atoms. The van der Waals surface area contributed by atoms with Crippen molar-refractivity contribution in [2.45, 2.75) is 65.0 Å². The van der Waals surface area contributed by atoms with Gasteiger partial charge in [0.1, 0.15) is 0 Å². The first kappa shape index (κ1) is 17.5. The van der Waals surface area contributed by atoms with Gasteiger partial charge in [0.2, 0.25) is 9.05 Å². The van der Waals surface area contributed by atoms with E-state index in [-0.39, 0.29) is 17.6 Å². The first-order valence-electron chi connectivity index (χ1n) is 7.11. The third kappa shape index (κ3) is 4.49. The highest BCUT2D eigenvalue weighted by Gasteiger charge is 2.20. The van der Waals surface area contributed by atoms with E-state index in [4.69, 9.17) is 10.7 Å². The monoisotopic (exact) mass is 316 g/mol. The van der Waals surface area contributed by atoms with Gasteiger partial charge in [-0.2, -0.15) is 0 Å². The average molecular weight is 317 g/mol. The van der Waals surface area contributed by atoms with Gasteiger partial charge in [0.15, 0.2) is 0 Å². The Morgan fingerprint density at radius 2 is 1.30 bits per heavy atom. The van der Waals surface area contributed by atoms with Crippen molar-refractivity contribution in [3.8, 4) is 0 Å². The van der Waals surface area contributed by atoms with Gasteiger partial charge in [0, 0.05) is 10.7 Å². The van der Waals surface area contributed by atoms with Crippen LogP contribution in [0.5, 0.6) is 0 Å². The minimum absolute atomic E-state index is 0.0893. The van der Waals surface area contributed by atoms with Crippen molar-refractivity contribution in [2.24, 2.45) is 0 Å². The molecule has 0 unspecified atom stereocenters. The molecule has 0 atom stereocenters. The van der Waals surface area contributed by atoms with Gasteiger partial charge in [-0.15, -0.1) is 0 Å². The molecule has 0 radical (unpaired) electrons. The summed E-state index contributed by atoms with van der Waals surface area (Å²) in [5.74, 6) is 0.888. The number of benzene rings is 1. The van der Waals surface area contributed by atoms with E-state index in [1.165, 1.54) is 5.56 Å². The Bertz CT molecular complexity index is 543. The van der Waals surface area contributed by atoms with Gasteiger partial charge in [-0.3, -0.25) is 0 Å². The molecule has 1 rings (SSSR count). The molecule has 0 aromatic heterocycles. The summed E-state index contributed by atoms with van der Waals surface area (Å²) >= 11 is 0. The third-order valence-electron chi connectivity index (χ3n) is 3.57. The second-order valence-electron chi connectivity index (χ2n) is 6.33. The summed E-state index contributed by atoms with van der Waals surface area (Å²) in [5.41, 5.74) is 4.34. The van der Waals surface area contributed by atoms with Crippen molar-refractivity contribution < 1.29 is 8.42 Å². The van der Waals surface area contributed by atoms with Gasteiger partial charge in [-0.05, 0) is 40.0 Å². The van der Waals surface area contributed by atoms with E-state index < -0.39 is 9.05 Å². The topological polar surface area (TPSA) is 34.1 Å². The number of rotatable bonds is 5. The molecule has 2 nitrogen and oxygen atoms in total.